The van der Waals surface area contributed by atoms with Crippen molar-refractivity contribution in [1.29, 1.82) is 0 Å². The molecule has 1 aromatic carbocycles. The Labute approximate surface area is 127 Å². The van der Waals surface area contributed by atoms with Crippen LogP contribution in [-0.2, 0) is 6.42 Å². The Balaban J connectivity index is 2.06. The summed E-state index contributed by atoms with van der Waals surface area (Å²) in [4.78, 5) is 5.52. The van der Waals surface area contributed by atoms with Crippen LogP contribution in [0.25, 0.3) is 0 Å². The van der Waals surface area contributed by atoms with Gasteiger partial charge in [-0.2, -0.15) is 0 Å². The van der Waals surface area contributed by atoms with E-state index in [1.165, 1.54) is 16.9 Å². The van der Waals surface area contributed by atoms with Crippen LogP contribution >= 0.6 is 27.3 Å². The SMILES string of the molecule is CCCNCC(Cc1cncs1)c1ccc(Br)cc1. The van der Waals surface area contributed by atoms with Gasteiger partial charge in [0.25, 0.3) is 0 Å². The van der Waals surface area contributed by atoms with Crippen LogP contribution < -0.4 is 5.32 Å². The predicted molar refractivity (Wildman–Crippen MR) is 85.9 cm³/mol. The Hall–Kier alpha value is -0.710. The first kappa shape index (κ1) is 14.7. The van der Waals surface area contributed by atoms with E-state index in [9.17, 15) is 0 Å². The molecule has 0 bridgehead atoms. The Bertz CT molecular complexity index is 467. The lowest BCUT2D eigenvalue weighted by Gasteiger charge is -2.17. The lowest BCUT2D eigenvalue weighted by Crippen LogP contribution is -2.23. The zero-order valence-electron chi connectivity index (χ0n) is 11.1. The summed E-state index contributed by atoms with van der Waals surface area (Å²) in [6, 6.07) is 8.66. The molecule has 1 heterocycles. The molecule has 102 valence electrons. The number of benzene rings is 1. The quantitative estimate of drug-likeness (QED) is 0.764. The van der Waals surface area contributed by atoms with Gasteiger partial charge in [-0.1, -0.05) is 35.0 Å². The van der Waals surface area contributed by atoms with E-state index in [2.05, 4.69) is 57.4 Å². The van der Waals surface area contributed by atoms with Gasteiger partial charge in [-0.05, 0) is 37.1 Å². The maximum Gasteiger partial charge on any atom is 0.0794 e. The largest absolute Gasteiger partial charge is 0.316 e. The second kappa shape index (κ2) is 7.78. The van der Waals surface area contributed by atoms with Crippen LogP contribution in [0.3, 0.4) is 0 Å². The highest BCUT2D eigenvalue weighted by atomic mass is 79.9. The van der Waals surface area contributed by atoms with Crippen molar-refractivity contribution in [3.05, 3.63) is 50.9 Å². The number of hydrogen-bond donors (Lipinski definition) is 1. The van der Waals surface area contributed by atoms with Crippen molar-refractivity contribution < 1.29 is 0 Å². The van der Waals surface area contributed by atoms with Crippen molar-refractivity contribution in [1.82, 2.24) is 10.3 Å². The number of nitrogens with zero attached hydrogens (tertiary/aromatic N) is 1. The van der Waals surface area contributed by atoms with E-state index < -0.39 is 0 Å². The lowest BCUT2D eigenvalue weighted by molar-refractivity contribution is 0.579. The third-order valence-electron chi connectivity index (χ3n) is 3.09. The summed E-state index contributed by atoms with van der Waals surface area (Å²) in [5.41, 5.74) is 3.30. The molecule has 0 aliphatic rings. The maximum absolute atomic E-state index is 4.17. The molecule has 2 rings (SSSR count). The molecule has 1 unspecified atom stereocenters. The Kier molecular flexibility index (Phi) is 6.01. The number of hydrogen-bond acceptors (Lipinski definition) is 3. The van der Waals surface area contributed by atoms with Crippen LogP contribution in [0.1, 0.15) is 29.7 Å². The van der Waals surface area contributed by atoms with Gasteiger partial charge in [-0.3, -0.25) is 4.98 Å². The van der Waals surface area contributed by atoms with Crippen LogP contribution in [0.15, 0.2) is 40.4 Å². The van der Waals surface area contributed by atoms with Crippen molar-refractivity contribution in [2.24, 2.45) is 0 Å². The van der Waals surface area contributed by atoms with Gasteiger partial charge in [-0.15, -0.1) is 11.3 Å². The van der Waals surface area contributed by atoms with Crippen molar-refractivity contribution in [3.8, 4) is 0 Å². The van der Waals surface area contributed by atoms with Crippen LogP contribution in [0.2, 0.25) is 0 Å². The van der Waals surface area contributed by atoms with Gasteiger partial charge < -0.3 is 5.32 Å². The molecule has 0 fully saturated rings. The Morgan fingerprint density at radius 2 is 2.11 bits per heavy atom. The van der Waals surface area contributed by atoms with Crippen molar-refractivity contribution in [3.63, 3.8) is 0 Å². The fraction of sp³-hybridized carbons (Fsp3) is 0.400. The molecule has 0 radical (unpaired) electrons. The third kappa shape index (κ3) is 4.71. The first-order valence-electron chi connectivity index (χ1n) is 6.63. The highest BCUT2D eigenvalue weighted by Crippen LogP contribution is 2.23. The van der Waals surface area contributed by atoms with E-state index in [4.69, 9.17) is 0 Å². The van der Waals surface area contributed by atoms with Crippen molar-refractivity contribution in [2.45, 2.75) is 25.7 Å². The molecule has 19 heavy (non-hydrogen) atoms. The molecule has 4 heteroatoms. The normalized spacial score (nSPS) is 12.5. The molecule has 0 aliphatic carbocycles. The third-order valence-corrected chi connectivity index (χ3v) is 4.42. The average Bonchev–Trinajstić information content (AvgIpc) is 2.92. The maximum atomic E-state index is 4.17. The minimum Gasteiger partial charge on any atom is -0.316 e. The standard InChI is InChI=1S/C15H19BrN2S/c1-2-7-17-9-13(8-15-10-18-11-19-15)12-3-5-14(16)6-4-12/h3-6,10-11,13,17H,2,7-9H2,1H3. The predicted octanol–water partition coefficient (Wildman–Crippen LogP) is 4.23. The molecule has 0 amide bonds. The molecule has 1 atom stereocenters. The van der Waals surface area contributed by atoms with Crippen molar-refractivity contribution in [2.75, 3.05) is 13.1 Å². The molecule has 0 saturated heterocycles. The summed E-state index contributed by atoms with van der Waals surface area (Å²) >= 11 is 5.24. The molecule has 1 aromatic heterocycles. The van der Waals surface area contributed by atoms with Crippen LogP contribution in [-0.4, -0.2) is 18.1 Å². The van der Waals surface area contributed by atoms with Gasteiger partial charge in [0.1, 0.15) is 0 Å². The zero-order chi connectivity index (χ0) is 13.5. The van der Waals surface area contributed by atoms with Gasteiger partial charge in [0.2, 0.25) is 0 Å². The molecule has 0 aliphatic heterocycles. The minimum atomic E-state index is 0.514. The topological polar surface area (TPSA) is 24.9 Å². The minimum absolute atomic E-state index is 0.514. The zero-order valence-corrected chi connectivity index (χ0v) is 13.5. The number of halogens is 1. The first-order chi connectivity index (χ1) is 9.29. The van der Waals surface area contributed by atoms with Crippen LogP contribution in [0.4, 0.5) is 0 Å². The highest BCUT2D eigenvalue weighted by Gasteiger charge is 2.13. The molecular formula is C15H19BrN2S. The van der Waals surface area contributed by atoms with E-state index in [1.807, 2.05) is 11.7 Å². The number of thiazole rings is 1. The molecule has 0 spiro atoms. The smallest absolute Gasteiger partial charge is 0.0794 e. The summed E-state index contributed by atoms with van der Waals surface area (Å²) in [5, 5.41) is 3.53. The Morgan fingerprint density at radius 3 is 2.74 bits per heavy atom. The monoisotopic (exact) mass is 338 g/mol. The number of nitrogens with one attached hydrogen (secondary N) is 1. The number of rotatable bonds is 7. The van der Waals surface area contributed by atoms with Crippen LogP contribution in [0.5, 0.6) is 0 Å². The van der Waals surface area contributed by atoms with E-state index in [0.717, 1.165) is 24.0 Å². The first-order valence-corrected chi connectivity index (χ1v) is 8.30. The highest BCUT2D eigenvalue weighted by molar-refractivity contribution is 9.10. The molecule has 0 saturated carbocycles. The summed E-state index contributed by atoms with van der Waals surface area (Å²) in [6.07, 6.45) is 4.22. The average molecular weight is 339 g/mol. The molecule has 1 N–H and O–H groups in total. The van der Waals surface area contributed by atoms with Crippen LogP contribution in [0, 0.1) is 0 Å². The molecule has 2 nitrogen and oxygen atoms in total. The van der Waals surface area contributed by atoms with Gasteiger partial charge in [0.05, 0.1) is 5.51 Å². The van der Waals surface area contributed by atoms with Gasteiger partial charge in [-0.25, -0.2) is 0 Å². The van der Waals surface area contributed by atoms with E-state index >= 15 is 0 Å². The fourth-order valence-electron chi connectivity index (χ4n) is 2.08. The number of aromatic nitrogens is 1. The lowest BCUT2D eigenvalue weighted by atomic mass is 9.95. The van der Waals surface area contributed by atoms with E-state index in [0.29, 0.717) is 5.92 Å². The molecule has 2 aromatic rings. The van der Waals surface area contributed by atoms with Crippen molar-refractivity contribution >= 4 is 27.3 Å². The summed E-state index contributed by atoms with van der Waals surface area (Å²) < 4.78 is 1.13. The summed E-state index contributed by atoms with van der Waals surface area (Å²) in [5.74, 6) is 0.514. The van der Waals surface area contributed by atoms with E-state index in [-0.39, 0.29) is 0 Å². The summed E-state index contributed by atoms with van der Waals surface area (Å²) in [6.45, 7) is 4.30. The fourth-order valence-corrected chi connectivity index (χ4v) is 3.02. The second-order valence-corrected chi connectivity index (χ2v) is 6.51. The molecular weight excluding hydrogens is 320 g/mol. The van der Waals surface area contributed by atoms with Gasteiger partial charge >= 0.3 is 0 Å². The van der Waals surface area contributed by atoms with E-state index in [1.54, 1.807) is 11.3 Å². The Morgan fingerprint density at radius 1 is 1.32 bits per heavy atom. The van der Waals surface area contributed by atoms with Gasteiger partial charge in [0.15, 0.2) is 0 Å². The summed E-state index contributed by atoms with van der Waals surface area (Å²) in [7, 11) is 0. The second-order valence-electron chi connectivity index (χ2n) is 4.62. The van der Waals surface area contributed by atoms with Gasteiger partial charge in [0, 0.05) is 28.0 Å².